The number of hydrogen-bond acceptors (Lipinski definition) is 3. The van der Waals surface area contributed by atoms with Crippen LogP contribution in [0.3, 0.4) is 0 Å². The predicted octanol–water partition coefficient (Wildman–Crippen LogP) is 4.59. The summed E-state index contributed by atoms with van der Waals surface area (Å²) in [6.07, 6.45) is 0. The lowest BCUT2D eigenvalue weighted by Crippen LogP contribution is -2.00. The molecule has 0 saturated heterocycles. The zero-order valence-corrected chi connectivity index (χ0v) is 12.6. The molecule has 0 aliphatic heterocycles. The summed E-state index contributed by atoms with van der Waals surface area (Å²) in [5.74, 6) is 0.908. The van der Waals surface area contributed by atoms with Crippen molar-refractivity contribution in [1.29, 1.82) is 0 Å². The first kappa shape index (κ1) is 12.1. The van der Waals surface area contributed by atoms with Crippen molar-refractivity contribution in [2.75, 3.05) is 5.32 Å². The van der Waals surface area contributed by atoms with E-state index in [1.54, 1.807) is 11.3 Å². The third kappa shape index (κ3) is 3.06. The van der Waals surface area contributed by atoms with Crippen molar-refractivity contribution in [3.63, 3.8) is 0 Å². The number of nitrogens with zero attached hydrogens (tertiary/aromatic N) is 1. The zero-order chi connectivity index (χ0) is 11.5. The maximum Gasteiger partial charge on any atom is 0.126 e. The number of aromatic nitrogens is 1. The summed E-state index contributed by atoms with van der Waals surface area (Å²) < 4.78 is 2.20. The molecule has 0 radical (unpaired) electrons. The molecule has 2 heterocycles. The Hall–Kier alpha value is -0.390. The molecule has 5 heteroatoms. The molecular formula is C11H10Br2N2S. The van der Waals surface area contributed by atoms with Crippen LogP contribution in [0.4, 0.5) is 5.82 Å². The third-order valence-electron chi connectivity index (χ3n) is 2.09. The summed E-state index contributed by atoms with van der Waals surface area (Å²) >= 11 is 8.61. The van der Waals surface area contributed by atoms with Gasteiger partial charge in [-0.05, 0) is 63.0 Å². The van der Waals surface area contributed by atoms with Crippen LogP contribution in [0.25, 0.3) is 0 Å². The van der Waals surface area contributed by atoms with Crippen LogP contribution in [0.15, 0.2) is 32.5 Å². The highest BCUT2D eigenvalue weighted by Gasteiger charge is 2.00. The molecule has 0 saturated carbocycles. The first-order chi connectivity index (χ1) is 7.65. The maximum atomic E-state index is 4.43. The highest BCUT2D eigenvalue weighted by Crippen LogP contribution is 2.23. The van der Waals surface area contributed by atoms with E-state index >= 15 is 0 Å². The van der Waals surface area contributed by atoms with E-state index < -0.39 is 0 Å². The molecular weight excluding hydrogens is 352 g/mol. The average molecular weight is 362 g/mol. The van der Waals surface area contributed by atoms with Crippen molar-refractivity contribution in [1.82, 2.24) is 4.98 Å². The molecule has 0 unspecified atom stereocenters. The van der Waals surface area contributed by atoms with Gasteiger partial charge in [-0.2, -0.15) is 0 Å². The predicted molar refractivity (Wildman–Crippen MR) is 76.0 cm³/mol. The summed E-state index contributed by atoms with van der Waals surface area (Å²) in [4.78, 5) is 5.72. The fourth-order valence-electron chi connectivity index (χ4n) is 1.27. The van der Waals surface area contributed by atoms with Gasteiger partial charge in [-0.15, -0.1) is 11.3 Å². The number of anilines is 1. The van der Waals surface area contributed by atoms with E-state index in [2.05, 4.69) is 54.3 Å². The SMILES string of the molecule is Cc1nc(NCc2ccc(Br)s2)ccc1Br. The van der Waals surface area contributed by atoms with E-state index in [1.165, 1.54) is 4.88 Å². The standard InChI is InChI=1S/C11H10Br2N2S/c1-7-9(12)3-5-11(15-7)14-6-8-2-4-10(13)16-8/h2-5H,6H2,1H3,(H,14,15). The number of halogens is 2. The highest BCUT2D eigenvalue weighted by molar-refractivity contribution is 9.11. The average Bonchev–Trinajstić information content (AvgIpc) is 2.66. The van der Waals surface area contributed by atoms with Crippen molar-refractivity contribution < 1.29 is 0 Å². The van der Waals surface area contributed by atoms with Crippen molar-refractivity contribution in [2.24, 2.45) is 0 Å². The molecule has 0 bridgehead atoms. The summed E-state index contributed by atoms with van der Waals surface area (Å²) in [6.45, 7) is 2.79. The van der Waals surface area contributed by atoms with Gasteiger partial charge >= 0.3 is 0 Å². The van der Waals surface area contributed by atoms with Crippen molar-refractivity contribution in [3.05, 3.63) is 43.1 Å². The smallest absolute Gasteiger partial charge is 0.126 e. The van der Waals surface area contributed by atoms with Crippen LogP contribution >= 0.6 is 43.2 Å². The second-order valence-corrected chi connectivity index (χ2v) is 6.73. The highest BCUT2D eigenvalue weighted by atomic mass is 79.9. The molecule has 2 aromatic rings. The normalized spacial score (nSPS) is 10.4. The lowest BCUT2D eigenvalue weighted by molar-refractivity contribution is 1.10. The Kier molecular flexibility index (Phi) is 4.00. The molecule has 2 nitrogen and oxygen atoms in total. The van der Waals surface area contributed by atoms with E-state index in [9.17, 15) is 0 Å². The summed E-state index contributed by atoms with van der Waals surface area (Å²) in [5.41, 5.74) is 0.998. The topological polar surface area (TPSA) is 24.9 Å². The fraction of sp³-hybridized carbons (Fsp3) is 0.182. The third-order valence-corrected chi connectivity index (χ3v) is 4.56. The van der Waals surface area contributed by atoms with E-state index in [0.29, 0.717) is 0 Å². The van der Waals surface area contributed by atoms with Crippen molar-refractivity contribution >= 4 is 49.0 Å². The second-order valence-electron chi connectivity index (χ2n) is 3.32. The molecule has 0 aromatic carbocycles. The van der Waals surface area contributed by atoms with Gasteiger partial charge in [0, 0.05) is 9.35 Å². The number of pyridine rings is 1. The number of hydrogen-bond donors (Lipinski definition) is 1. The van der Waals surface area contributed by atoms with Gasteiger partial charge < -0.3 is 5.32 Å². The quantitative estimate of drug-likeness (QED) is 0.864. The minimum absolute atomic E-state index is 0.810. The molecule has 0 fully saturated rings. The second kappa shape index (κ2) is 5.29. The Morgan fingerprint density at radius 1 is 1.25 bits per heavy atom. The lowest BCUT2D eigenvalue weighted by Gasteiger charge is -2.05. The molecule has 0 aliphatic carbocycles. The molecule has 0 spiro atoms. The van der Waals surface area contributed by atoms with E-state index in [1.807, 2.05) is 19.1 Å². The minimum atomic E-state index is 0.810. The Morgan fingerprint density at radius 2 is 2.06 bits per heavy atom. The summed E-state index contributed by atoms with van der Waals surface area (Å²) in [6, 6.07) is 8.14. The Bertz CT molecular complexity index is 496. The Morgan fingerprint density at radius 3 is 2.69 bits per heavy atom. The lowest BCUT2D eigenvalue weighted by atomic mass is 10.3. The van der Waals surface area contributed by atoms with Crippen LogP contribution in [-0.2, 0) is 6.54 Å². The monoisotopic (exact) mass is 360 g/mol. The fourth-order valence-corrected chi connectivity index (χ4v) is 2.91. The molecule has 84 valence electrons. The molecule has 0 amide bonds. The number of thiophene rings is 1. The van der Waals surface area contributed by atoms with Crippen LogP contribution in [0, 0.1) is 6.92 Å². The molecule has 1 N–H and O–H groups in total. The number of nitrogens with one attached hydrogen (secondary N) is 1. The molecule has 0 aliphatic rings. The van der Waals surface area contributed by atoms with Gasteiger partial charge in [-0.1, -0.05) is 0 Å². The first-order valence-electron chi connectivity index (χ1n) is 4.76. The van der Waals surface area contributed by atoms with E-state index in [-0.39, 0.29) is 0 Å². The van der Waals surface area contributed by atoms with Gasteiger partial charge in [0.05, 0.1) is 16.0 Å². The number of aryl methyl sites for hydroxylation is 1. The van der Waals surface area contributed by atoms with E-state index in [4.69, 9.17) is 0 Å². The minimum Gasteiger partial charge on any atom is -0.365 e. The van der Waals surface area contributed by atoms with Gasteiger partial charge in [-0.25, -0.2) is 4.98 Å². The van der Waals surface area contributed by atoms with Gasteiger partial charge in [0.2, 0.25) is 0 Å². The zero-order valence-electron chi connectivity index (χ0n) is 8.63. The van der Waals surface area contributed by atoms with Gasteiger partial charge in [0.1, 0.15) is 5.82 Å². The van der Waals surface area contributed by atoms with Crippen molar-refractivity contribution in [3.8, 4) is 0 Å². The molecule has 2 rings (SSSR count). The molecule has 0 atom stereocenters. The Labute approximate surface area is 115 Å². The number of rotatable bonds is 3. The maximum absolute atomic E-state index is 4.43. The van der Waals surface area contributed by atoms with Crippen molar-refractivity contribution in [2.45, 2.75) is 13.5 Å². The molecule has 2 aromatic heterocycles. The van der Waals surface area contributed by atoms with Gasteiger partial charge in [-0.3, -0.25) is 0 Å². The van der Waals surface area contributed by atoms with Crippen LogP contribution in [0.5, 0.6) is 0 Å². The van der Waals surface area contributed by atoms with Gasteiger partial charge in [0.25, 0.3) is 0 Å². The van der Waals surface area contributed by atoms with Crippen LogP contribution < -0.4 is 5.32 Å². The molecule has 16 heavy (non-hydrogen) atoms. The van der Waals surface area contributed by atoms with E-state index in [0.717, 1.165) is 26.3 Å². The summed E-state index contributed by atoms with van der Waals surface area (Å²) in [5, 5.41) is 3.30. The van der Waals surface area contributed by atoms with Crippen LogP contribution in [0.2, 0.25) is 0 Å². The van der Waals surface area contributed by atoms with Crippen LogP contribution in [-0.4, -0.2) is 4.98 Å². The first-order valence-corrected chi connectivity index (χ1v) is 7.16. The Balaban J connectivity index is 2.02. The van der Waals surface area contributed by atoms with Gasteiger partial charge in [0.15, 0.2) is 0 Å². The summed E-state index contributed by atoms with van der Waals surface area (Å²) in [7, 11) is 0. The largest absolute Gasteiger partial charge is 0.365 e. The van der Waals surface area contributed by atoms with Crippen LogP contribution in [0.1, 0.15) is 10.6 Å².